The first-order valence-corrected chi connectivity index (χ1v) is 8.48. The predicted molar refractivity (Wildman–Crippen MR) is 90.2 cm³/mol. The number of rotatable bonds is 5. The number of nitrogens with two attached hydrogens (primary N) is 1. The summed E-state index contributed by atoms with van der Waals surface area (Å²) >= 11 is 0.662. The maximum atomic E-state index is 12.2. The van der Waals surface area contributed by atoms with E-state index in [0.717, 1.165) is 21.8 Å². The average molecular weight is 374 g/mol. The summed E-state index contributed by atoms with van der Waals surface area (Å²) < 4.78 is 36.5. The topological polar surface area (TPSA) is 72.2 Å². The lowest BCUT2D eigenvalue weighted by Gasteiger charge is -2.08. The molecule has 0 atom stereocenters. The van der Waals surface area contributed by atoms with Crippen molar-refractivity contribution >= 4 is 39.9 Å². The van der Waals surface area contributed by atoms with Crippen LogP contribution in [0.4, 0.5) is 18.2 Å². The lowest BCUT2D eigenvalue weighted by molar-refractivity contribution is -0.114. The van der Waals surface area contributed by atoms with Crippen LogP contribution in [0, 0.1) is 6.92 Å². The number of hydrogen-bond acceptors (Lipinski definition) is 4. The molecular weight excluding hydrogens is 361 g/mol. The summed E-state index contributed by atoms with van der Waals surface area (Å²) in [6.45, 7) is 1.75. The molecule has 128 valence electrons. The molecular formula is C15H13F3N2O2S2. The molecule has 0 saturated carbocycles. The summed E-state index contributed by atoms with van der Waals surface area (Å²) in [5.74, 6) is -2.39. The van der Waals surface area contributed by atoms with Gasteiger partial charge >= 0.3 is 5.51 Å². The molecule has 2 aromatic rings. The molecule has 4 nitrogen and oxygen atoms in total. The number of primary amides is 1. The van der Waals surface area contributed by atoms with E-state index in [2.05, 4.69) is 5.32 Å². The average Bonchev–Trinajstić information content (AvgIpc) is 2.81. The van der Waals surface area contributed by atoms with E-state index in [4.69, 9.17) is 5.73 Å². The molecule has 1 aromatic heterocycles. The summed E-state index contributed by atoms with van der Waals surface area (Å²) in [5, 5.41) is 2.51. The Hall–Kier alpha value is -2.00. The van der Waals surface area contributed by atoms with Gasteiger partial charge < -0.3 is 11.1 Å². The molecule has 0 aliphatic carbocycles. The van der Waals surface area contributed by atoms with E-state index in [9.17, 15) is 22.8 Å². The van der Waals surface area contributed by atoms with Gasteiger partial charge in [-0.25, -0.2) is 0 Å². The Balaban J connectivity index is 2.32. The van der Waals surface area contributed by atoms with Crippen molar-refractivity contribution in [2.45, 2.75) is 12.4 Å². The third-order valence-corrected chi connectivity index (χ3v) is 4.77. The molecule has 0 saturated heterocycles. The molecule has 0 fully saturated rings. The van der Waals surface area contributed by atoms with Gasteiger partial charge in [0.2, 0.25) is 5.91 Å². The largest absolute Gasteiger partial charge is 0.442 e. The van der Waals surface area contributed by atoms with E-state index in [1.807, 2.05) is 6.07 Å². The number of thioether (sulfide) groups is 1. The molecule has 0 unspecified atom stereocenters. The summed E-state index contributed by atoms with van der Waals surface area (Å²) in [4.78, 5) is 24.3. The van der Waals surface area contributed by atoms with Crippen LogP contribution < -0.4 is 11.1 Å². The van der Waals surface area contributed by atoms with Crippen LogP contribution in [-0.2, 0) is 4.79 Å². The van der Waals surface area contributed by atoms with E-state index < -0.39 is 34.8 Å². The molecule has 24 heavy (non-hydrogen) atoms. The Morgan fingerprint density at radius 2 is 1.88 bits per heavy atom. The van der Waals surface area contributed by atoms with Crippen LogP contribution in [0.1, 0.15) is 15.2 Å². The van der Waals surface area contributed by atoms with Gasteiger partial charge in [-0.15, -0.1) is 11.3 Å². The van der Waals surface area contributed by atoms with E-state index in [1.54, 1.807) is 31.2 Å². The molecule has 3 N–H and O–H groups in total. The van der Waals surface area contributed by atoms with E-state index in [-0.39, 0.29) is 10.6 Å². The number of benzene rings is 1. The van der Waals surface area contributed by atoms with Crippen LogP contribution in [-0.4, -0.2) is 23.1 Å². The number of aryl methyl sites for hydroxylation is 1. The van der Waals surface area contributed by atoms with Gasteiger partial charge in [-0.2, -0.15) is 13.2 Å². The Bertz CT molecular complexity index is 758. The van der Waals surface area contributed by atoms with Crippen molar-refractivity contribution in [3.05, 3.63) is 40.8 Å². The van der Waals surface area contributed by atoms with Gasteiger partial charge in [-0.1, -0.05) is 30.3 Å². The first kappa shape index (κ1) is 18.3. The quantitative estimate of drug-likeness (QED) is 0.830. The first-order chi connectivity index (χ1) is 11.2. The number of hydrogen-bond donors (Lipinski definition) is 2. The molecule has 1 aromatic carbocycles. The maximum Gasteiger partial charge on any atom is 0.442 e. The van der Waals surface area contributed by atoms with Gasteiger partial charge in [0, 0.05) is 10.4 Å². The molecule has 1 heterocycles. The highest BCUT2D eigenvalue weighted by atomic mass is 32.2. The fourth-order valence-electron chi connectivity index (χ4n) is 2.13. The third-order valence-electron chi connectivity index (χ3n) is 3.01. The molecule has 0 aliphatic rings. The lowest BCUT2D eigenvalue weighted by atomic mass is 10.0. The van der Waals surface area contributed by atoms with E-state index in [1.165, 1.54) is 0 Å². The smallest absolute Gasteiger partial charge is 0.365 e. The molecule has 0 spiro atoms. The van der Waals surface area contributed by atoms with Crippen LogP contribution in [0.15, 0.2) is 30.3 Å². The van der Waals surface area contributed by atoms with Crippen molar-refractivity contribution in [3.8, 4) is 11.1 Å². The fourth-order valence-corrected chi connectivity index (χ4v) is 3.60. The van der Waals surface area contributed by atoms with Crippen LogP contribution in [0.2, 0.25) is 0 Å². The van der Waals surface area contributed by atoms with Gasteiger partial charge in [0.25, 0.3) is 5.91 Å². The first-order valence-electron chi connectivity index (χ1n) is 6.68. The number of carbonyl (C=O) groups excluding carboxylic acids is 2. The third kappa shape index (κ3) is 4.51. The Morgan fingerprint density at radius 3 is 2.42 bits per heavy atom. The minimum atomic E-state index is -4.50. The normalized spacial score (nSPS) is 11.3. The number of halogens is 3. The zero-order valence-corrected chi connectivity index (χ0v) is 14.1. The van der Waals surface area contributed by atoms with Crippen LogP contribution in [0.5, 0.6) is 0 Å². The Labute approximate surface area is 144 Å². The number of thiophene rings is 1. The Kier molecular flexibility index (Phi) is 5.55. The SMILES string of the molecule is Cc1sc(NC(=O)CSC(F)(F)F)c(C(N)=O)c1-c1ccccc1. The van der Waals surface area contributed by atoms with Crippen molar-refractivity contribution in [3.63, 3.8) is 0 Å². The molecule has 0 radical (unpaired) electrons. The second-order valence-electron chi connectivity index (χ2n) is 4.75. The van der Waals surface area contributed by atoms with Crippen molar-refractivity contribution in [1.29, 1.82) is 0 Å². The predicted octanol–water partition coefficient (Wildman–Crippen LogP) is 4.01. The van der Waals surface area contributed by atoms with Crippen LogP contribution in [0.3, 0.4) is 0 Å². The molecule has 2 amide bonds. The number of alkyl halides is 3. The van der Waals surface area contributed by atoms with Crippen LogP contribution >= 0.6 is 23.1 Å². The molecule has 0 bridgehead atoms. The van der Waals surface area contributed by atoms with Crippen molar-refractivity contribution in [1.82, 2.24) is 0 Å². The second-order valence-corrected chi connectivity index (χ2v) is 7.02. The lowest BCUT2D eigenvalue weighted by Crippen LogP contribution is -2.20. The molecule has 2 rings (SSSR count). The number of amides is 2. The second kappa shape index (κ2) is 7.27. The highest BCUT2D eigenvalue weighted by Gasteiger charge is 2.30. The monoisotopic (exact) mass is 374 g/mol. The summed E-state index contributed by atoms with van der Waals surface area (Å²) in [7, 11) is 0. The molecule has 9 heteroatoms. The molecule has 0 aliphatic heterocycles. The zero-order valence-electron chi connectivity index (χ0n) is 12.4. The van der Waals surface area contributed by atoms with E-state index >= 15 is 0 Å². The van der Waals surface area contributed by atoms with Crippen LogP contribution in [0.25, 0.3) is 11.1 Å². The zero-order chi connectivity index (χ0) is 17.9. The Morgan fingerprint density at radius 1 is 1.25 bits per heavy atom. The van der Waals surface area contributed by atoms with Gasteiger partial charge in [0.15, 0.2) is 0 Å². The summed E-state index contributed by atoms with van der Waals surface area (Å²) in [6, 6.07) is 8.95. The van der Waals surface area contributed by atoms with E-state index in [0.29, 0.717) is 5.56 Å². The van der Waals surface area contributed by atoms with Gasteiger partial charge in [0.1, 0.15) is 5.00 Å². The minimum absolute atomic E-state index is 0.106. The summed E-state index contributed by atoms with van der Waals surface area (Å²) in [5.41, 5.74) is 2.34. The summed E-state index contributed by atoms with van der Waals surface area (Å²) in [6.07, 6.45) is 0. The highest BCUT2D eigenvalue weighted by Crippen LogP contribution is 2.39. The minimum Gasteiger partial charge on any atom is -0.365 e. The van der Waals surface area contributed by atoms with Crippen molar-refractivity contribution in [2.24, 2.45) is 5.73 Å². The van der Waals surface area contributed by atoms with Gasteiger partial charge in [0.05, 0.1) is 11.3 Å². The number of carbonyl (C=O) groups is 2. The standard InChI is InChI=1S/C15H13F3N2O2S2/c1-8-11(9-5-3-2-4-6-9)12(13(19)22)14(24-8)20-10(21)7-23-15(16,17)18/h2-6H,7H2,1H3,(H2,19,22)(H,20,21). The van der Waals surface area contributed by atoms with Gasteiger partial charge in [-0.05, 0) is 24.2 Å². The van der Waals surface area contributed by atoms with Crippen molar-refractivity contribution in [2.75, 3.05) is 11.1 Å². The maximum absolute atomic E-state index is 12.2. The number of anilines is 1. The highest BCUT2D eigenvalue weighted by molar-refractivity contribution is 8.00. The van der Waals surface area contributed by atoms with Gasteiger partial charge in [-0.3, -0.25) is 9.59 Å². The number of nitrogens with one attached hydrogen (secondary N) is 1. The van der Waals surface area contributed by atoms with Crippen molar-refractivity contribution < 1.29 is 22.8 Å². The fraction of sp³-hybridized carbons (Fsp3) is 0.200.